The van der Waals surface area contributed by atoms with Gasteiger partial charge in [-0.1, -0.05) is 30.3 Å². The number of hydrogen-bond donors (Lipinski definition) is 2. The molecule has 1 aliphatic rings. The Morgan fingerprint density at radius 1 is 1.04 bits per heavy atom. The molecule has 2 N–H and O–H groups in total. The van der Waals surface area contributed by atoms with Gasteiger partial charge in [0.25, 0.3) is 5.91 Å². The van der Waals surface area contributed by atoms with E-state index in [1.54, 1.807) is 23.9 Å². The van der Waals surface area contributed by atoms with Crippen molar-refractivity contribution in [2.75, 3.05) is 6.54 Å². The van der Waals surface area contributed by atoms with Crippen LogP contribution in [0.3, 0.4) is 0 Å². The van der Waals surface area contributed by atoms with Crippen LogP contribution in [0, 0.1) is 5.41 Å². The highest BCUT2D eigenvalue weighted by molar-refractivity contribution is 7.98. The highest BCUT2D eigenvalue weighted by Crippen LogP contribution is 2.45. The van der Waals surface area contributed by atoms with Crippen molar-refractivity contribution in [2.24, 2.45) is 5.41 Å². The van der Waals surface area contributed by atoms with E-state index in [2.05, 4.69) is 17.4 Å². The number of hydrogen-bond acceptors (Lipinski definition) is 3. The molecule has 0 radical (unpaired) electrons. The minimum atomic E-state index is -0.824. The van der Waals surface area contributed by atoms with Gasteiger partial charge in [0.2, 0.25) is 0 Å². The molecule has 3 rings (SSSR count). The fourth-order valence-corrected chi connectivity index (χ4v) is 3.27. The first-order valence-electron chi connectivity index (χ1n) is 7.87. The van der Waals surface area contributed by atoms with E-state index in [9.17, 15) is 9.59 Å². The van der Waals surface area contributed by atoms with E-state index in [0.717, 1.165) is 10.6 Å². The Bertz CT molecular complexity index is 724. The van der Waals surface area contributed by atoms with E-state index < -0.39 is 11.4 Å². The third kappa shape index (κ3) is 3.97. The molecule has 0 spiro atoms. The van der Waals surface area contributed by atoms with E-state index in [1.165, 1.54) is 5.56 Å². The molecule has 2 aromatic carbocycles. The predicted molar refractivity (Wildman–Crippen MR) is 94.1 cm³/mol. The molecular formula is C19H19NO3S. The predicted octanol–water partition coefficient (Wildman–Crippen LogP) is 3.57. The van der Waals surface area contributed by atoms with Gasteiger partial charge in [-0.25, -0.2) is 0 Å². The van der Waals surface area contributed by atoms with Crippen molar-refractivity contribution in [1.29, 1.82) is 0 Å². The van der Waals surface area contributed by atoms with E-state index in [1.807, 2.05) is 30.3 Å². The van der Waals surface area contributed by atoms with E-state index in [-0.39, 0.29) is 12.5 Å². The van der Waals surface area contributed by atoms with Crippen LogP contribution in [0.5, 0.6) is 0 Å². The van der Waals surface area contributed by atoms with E-state index in [0.29, 0.717) is 18.4 Å². The maximum absolute atomic E-state index is 12.1. The molecule has 0 aliphatic heterocycles. The molecule has 0 heterocycles. The molecule has 1 amide bonds. The first-order valence-corrected chi connectivity index (χ1v) is 8.86. The Labute approximate surface area is 145 Å². The zero-order valence-corrected chi connectivity index (χ0v) is 14.0. The van der Waals surface area contributed by atoms with Crippen LogP contribution in [0.25, 0.3) is 0 Å². The molecule has 0 aromatic heterocycles. The summed E-state index contributed by atoms with van der Waals surface area (Å²) in [4.78, 5) is 24.3. The van der Waals surface area contributed by atoms with Crippen LogP contribution in [0.15, 0.2) is 59.5 Å². The van der Waals surface area contributed by atoms with Crippen LogP contribution in [-0.4, -0.2) is 23.5 Å². The van der Waals surface area contributed by atoms with Crippen molar-refractivity contribution in [3.8, 4) is 0 Å². The zero-order chi connectivity index (χ0) is 17.0. The molecule has 0 unspecified atom stereocenters. The number of carbonyl (C=O) groups excluding carboxylic acids is 1. The molecule has 0 atom stereocenters. The number of carboxylic acid groups (broad SMARTS) is 1. The average Bonchev–Trinajstić information content (AvgIpc) is 3.41. The van der Waals surface area contributed by atoms with Crippen LogP contribution in [0.2, 0.25) is 0 Å². The summed E-state index contributed by atoms with van der Waals surface area (Å²) in [5.41, 5.74) is 1.08. The molecule has 0 saturated heterocycles. The molecule has 4 nitrogen and oxygen atoms in total. The molecule has 5 heteroatoms. The summed E-state index contributed by atoms with van der Waals surface area (Å²) in [6.45, 7) is 0.200. The maximum atomic E-state index is 12.1. The standard InChI is InChI=1S/C19H19NO3S/c21-17(20-13-19(10-11-19)18(22)23)15-6-8-16(9-7-15)24-12-14-4-2-1-3-5-14/h1-9H,10-13H2,(H,20,21)(H,22,23). The summed E-state index contributed by atoms with van der Waals surface area (Å²) in [7, 11) is 0. The molecule has 1 aliphatic carbocycles. The van der Waals surface area contributed by atoms with Crippen LogP contribution in [0.4, 0.5) is 0 Å². The quantitative estimate of drug-likeness (QED) is 0.756. The van der Waals surface area contributed by atoms with Crippen LogP contribution < -0.4 is 5.32 Å². The van der Waals surface area contributed by atoms with Gasteiger partial charge >= 0.3 is 5.97 Å². The van der Waals surface area contributed by atoms with Gasteiger partial charge in [0, 0.05) is 22.8 Å². The Balaban J connectivity index is 1.52. The lowest BCUT2D eigenvalue weighted by atomic mass is 10.1. The molecular weight excluding hydrogens is 322 g/mol. The minimum Gasteiger partial charge on any atom is -0.481 e. The molecule has 124 valence electrons. The third-order valence-corrected chi connectivity index (χ3v) is 5.34. The fourth-order valence-electron chi connectivity index (χ4n) is 2.41. The van der Waals surface area contributed by atoms with E-state index >= 15 is 0 Å². The highest BCUT2D eigenvalue weighted by atomic mass is 32.2. The number of benzene rings is 2. The monoisotopic (exact) mass is 341 g/mol. The normalized spacial score (nSPS) is 14.8. The van der Waals surface area contributed by atoms with Crippen LogP contribution >= 0.6 is 11.8 Å². The van der Waals surface area contributed by atoms with E-state index in [4.69, 9.17) is 5.11 Å². The lowest BCUT2D eigenvalue weighted by molar-refractivity contribution is -0.143. The summed E-state index contributed by atoms with van der Waals surface area (Å²) in [6.07, 6.45) is 1.27. The summed E-state index contributed by atoms with van der Waals surface area (Å²) < 4.78 is 0. The largest absolute Gasteiger partial charge is 0.481 e. The minimum absolute atomic E-state index is 0.200. The summed E-state index contributed by atoms with van der Waals surface area (Å²) in [5.74, 6) is -0.161. The number of amides is 1. The molecule has 1 saturated carbocycles. The lowest BCUT2D eigenvalue weighted by Crippen LogP contribution is -2.34. The van der Waals surface area contributed by atoms with Gasteiger partial charge in [-0.2, -0.15) is 0 Å². The Morgan fingerprint density at radius 2 is 1.71 bits per heavy atom. The summed E-state index contributed by atoms with van der Waals surface area (Å²) in [5, 5.41) is 11.9. The molecule has 24 heavy (non-hydrogen) atoms. The second kappa shape index (κ2) is 7.09. The second-order valence-corrected chi connectivity index (χ2v) is 7.12. The van der Waals surface area contributed by atoms with Gasteiger partial charge in [0.05, 0.1) is 5.41 Å². The average molecular weight is 341 g/mol. The number of carbonyl (C=O) groups is 2. The number of nitrogens with one attached hydrogen (secondary N) is 1. The zero-order valence-electron chi connectivity index (χ0n) is 13.2. The Kier molecular flexibility index (Phi) is 4.90. The van der Waals surface area contributed by atoms with Crippen LogP contribution in [0.1, 0.15) is 28.8 Å². The highest BCUT2D eigenvalue weighted by Gasteiger charge is 2.50. The molecule has 0 bridgehead atoms. The molecule has 2 aromatic rings. The number of carboxylic acids is 1. The Hall–Kier alpha value is -2.27. The lowest BCUT2D eigenvalue weighted by Gasteiger charge is -2.11. The van der Waals surface area contributed by atoms with Gasteiger partial charge in [-0.05, 0) is 42.7 Å². The van der Waals surface area contributed by atoms with Crippen molar-refractivity contribution < 1.29 is 14.7 Å². The number of rotatable bonds is 7. The van der Waals surface area contributed by atoms with Crippen molar-refractivity contribution in [3.63, 3.8) is 0 Å². The number of thioether (sulfide) groups is 1. The fraction of sp³-hybridized carbons (Fsp3) is 0.263. The van der Waals surface area contributed by atoms with Crippen LogP contribution in [-0.2, 0) is 10.5 Å². The van der Waals surface area contributed by atoms with Gasteiger partial charge in [-0.3, -0.25) is 9.59 Å². The smallest absolute Gasteiger partial charge is 0.311 e. The van der Waals surface area contributed by atoms with Crippen molar-refractivity contribution in [3.05, 3.63) is 65.7 Å². The molecule has 1 fully saturated rings. The van der Waals surface area contributed by atoms with Gasteiger partial charge in [-0.15, -0.1) is 11.8 Å². The SMILES string of the molecule is O=C(NCC1(C(=O)O)CC1)c1ccc(SCc2ccccc2)cc1. The first-order chi connectivity index (χ1) is 11.6. The van der Waals surface area contributed by atoms with Crippen molar-refractivity contribution in [2.45, 2.75) is 23.5 Å². The van der Waals surface area contributed by atoms with Crippen molar-refractivity contribution in [1.82, 2.24) is 5.32 Å². The second-order valence-electron chi connectivity index (χ2n) is 6.07. The summed E-state index contributed by atoms with van der Waals surface area (Å²) in [6, 6.07) is 17.6. The van der Waals surface area contributed by atoms with Gasteiger partial charge in [0.15, 0.2) is 0 Å². The van der Waals surface area contributed by atoms with Gasteiger partial charge < -0.3 is 10.4 Å². The van der Waals surface area contributed by atoms with Crippen molar-refractivity contribution >= 4 is 23.6 Å². The number of aliphatic carboxylic acids is 1. The summed E-state index contributed by atoms with van der Waals surface area (Å²) >= 11 is 1.72. The third-order valence-electron chi connectivity index (χ3n) is 4.26. The topological polar surface area (TPSA) is 66.4 Å². The maximum Gasteiger partial charge on any atom is 0.311 e. The van der Waals surface area contributed by atoms with Gasteiger partial charge in [0.1, 0.15) is 0 Å². The first kappa shape index (κ1) is 16.6. The Morgan fingerprint density at radius 3 is 2.29 bits per heavy atom.